The Morgan fingerprint density at radius 1 is 1.44 bits per heavy atom. The van der Waals surface area contributed by atoms with E-state index < -0.39 is 0 Å². The highest BCUT2D eigenvalue weighted by Gasteiger charge is 2.08. The second-order valence-corrected chi connectivity index (χ2v) is 4.62. The lowest BCUT2D eigenvalue weighted by atomic mass is 10.3. The van der Waals surface area contributed by atoms with Crippen molar-refractivity contribution < 1.29 is 0 Å². The zero-order valence-electron chi connectivity index (χ0n) is 8.69. The topological polar surface area (TPSA) is 43.6 Å². The molecule has 1 aromatic carbocycles. The Kier molecular flexibility index (Phi) is 3.56. The minimum absolute atomic E-state index is 0.649. The summed E-state index contributed by atoms with van der Waals surface area (Å²) >= 11 is 9.38. The van der Waals surface area contributed by atoms with Gasteiger partial charge < -0.3 is 0 Å². The summed E-state index contributed by atoms with van der Waals surface area (Å²) in [7, 11) is 0. The first-order valence-corrected chi connectivity index (χ1v) is 6.12. The molecule has 0 radical (unpaired) electrons. The fourth-order valence-corrected chi connectivity index (χ4v) is 1.82. The number of hydrogen-bond donors (Lipinski definition) is 0. The van der Waals surface area contributed by atoms with Crippen molar-refractivity contribution in [3.05, 3.63) is 33.5 Å². The normalized spacial score (nSPS) is 10.7. The number of halogens is 2. The van der Waals surface area contributed by atoms with Crippen LogP contribution in [0.3, 0.4) is 0 Å². The molecule has 1 aromatic heterocycles. The van der Waals surface area contributed by atoms with Crippen molar-refractivity contribution in [3.63, 3.8) is 0 Å². The maximum absolute atomic E-state index is 6.03. The summed E-state index contributed by atoms with van der Waals surface area (Å²) in [6, 6.07) is 5.64. The molecule has 0 N–H and O–H groups in total. The van der Waals surface area contributed by atoms with Gasteiger partial charge in [-0.25, -0.2) is 0 Å². The van der Waals surface area contributed by atoms with Crippen molar-refractivity contribution in [2.45, 2.75) is 19.8 Å². The van der Waals surface area contributed by atoms with Crippen molar-refractivity contribution in [3.8, 4) is 5.69 Å². The van der Waals surface area contributed by atoms with Crippen molar-refractivity contribution >= 4 is 27.5 Å². The second kappa shape index (κ2) is 4.93. The summed E-state index contributed by atoms with van der Waals surface area (Å²) < 4.78 is 2.57. The third kappa shape index (κ3) is 2.25. The molecule has 0 aliphatic carbocycles. The highest BCUT2D eigenvalue weighted by Crippen LogP contribution is 2.24. The molecule has 16 heavy (non-hydrogen) atoms. The molecule has 84 valence electrons. The smallest absolute Gasteiger partial charge is 0.156 e. The number of aromatic nitrogens is 4. The SMILES string of the molecule is CCCc1nnnn1-c1ccc(Br)c(Cl)c1. The monoisotopic (exact) mass is 300 g/mol. The van der Waals surface area contributed by atoms with E-state index in [-0.39, 0.29) is 0 Å². The molecule has 6 heteroatoms. The van der Waals surface area contributed by atoms with Gasteiger partial charge in [-0.05, 0) is 51.0 Å². The van der Waals surface area contributed by atoms with E-state index in [1.165, 1.54) is 0 Å². The molecule has 0 fully saturated rings. The molecule has 0 amide bonds. The first-order chi connectivity index (χ1) is 7.72. The largest absolute Gasteiger partial charge is 0.197 e. The summed E-state index contributed by atoms with van der Waals surface area (Å²) in [5.74, 6) is 0.848. The average molecular weight is 302 g/mol. The lowest BCUT2D eigenvalue weighted by Crippen LogP contribution is -2.02. The van der Waals surface area contributed by atoms with Gasteiger partial charge >= 0.3 is 0 Å². The van der Waals surface area contributed by atoms with Crippen molar-refractivity contribution in [2.75, 3.05) is 0 Å². The average Bonchev–Trinajstić information content (AvgIpc) is 2.71. The van der Waals surface area contributed by atoms with E-state index in [1.807, 2.05) is 18.2 Å². The van der Waals surface area contributed by atoms with E-state index in [4.69, 9.17) is 11.6 Å². The lowest BCUT2D eigenvalue weighted by Gasteiger charge is -2.04. The molecule has 0 atom stereocenters. The molecule has 0 saturated heterocycles. The standard InChI is InChI=1S/C10H10BrClN4/c1-2-3-10-13-14-15-16(10)7-4-5-8(11)9(12)6-7/h4-6H,2-3H2,1H3. The zero-order valence-corrected chi connectivity index (χ0v) is 11.0. The van der Waals surface area contributed by atoms with Crippen LogP contribution in [-0.2, 0) is 6.42 Å². The van der Waals surface area contributed by atoms with E-state index >= 15 is 0 Å². The first-order valence-electron chi connectivity index (χ1n) is 4.95. The molecule has 0 bridgehead atoms. The van der Waals surface area contributed by atoms with E-state index in [0.717, 1.165) is 28.8 Å². The summed E-state index contributed by atoms with van der Waals surface area (Å²) in [4.78, 5) is 0. The van der Waals surface area contributed by atoms with Crippen LogP contribution in [0, 0.1) is 0 Å². The van der Waals surface area contributed by atoms with Gasteiger partial charge in [-0.3, -0.25) is 0 Å². The molecule has 0 saturated carbocycles. The maximum atomic E-state index is 6.03. The highest BCUT2D eigenvalue weighted by molar-refractivity contribution is 9.10. The van der Waals surface area contributed by atoms with Crippen LogP contribution in [0.15, 0.2) is 22.7 Å². The van der Waals surface area contributed by atoms with Crippen LogP contribution in [-0.4, -0.2) is 20.2 Å². The molecule has 0 unspecified atom stereocenters. The molecule has 0 spiro atoms. The number of nitrogens with zero attached hydrogens (tertiary/aromatic N) is 4. The van der Waals surface area contributed by atoms with Gasteiger partial charge in [0.1, 0.15) is 0 Å². The molecule has 4 nitrogen and oxygen atoms in total. The van der Waals surface area contributed by atoms with Gasteiger partial charge in [-0.15, -0.1) is 5.10 Å². The Balaban J connectivity index is 2.42. The number of benzene rings is 1. The fraction of sp³-hybridized carbons (Fsp3) is 0.300. The van der Waals surface area contributed by atoms with Gasteiger partial charge in [-0.2, -0.15) is 4.68 Å². The predicted molar refractivity (Wildman–Crippen MR) is 65.9 cm³/mol. The maximum Gasteiger partial charge on any atom is 0.156 e. The summed E-state index contributed by atoms with van der Waals surface area (Å²) in [6.07, 6.45) is 1.85. The van der Waals surface area contributed by atoms with Crippen LogP contribution < -0.4 is 0 Å². The van der Waals surface area contributed by atoms with E-state index in [2.05, 4.69) is 38.4 Å². The molecule has 2 rings (SSSR count). The van der Waals surface area contributed by atoms with Gasteiger partial charge in [0.25, 0.3) is 0 Å². The number of rotatable bonds is 3. The van der Waals surface area contributed by atoms with Crippen molar-refractivity contribution in [1.82, 2.24) is 20.2 Å². The van der Waals surface area contributed by atoms with Gasteiger partial charge in [0, 0.05) is 10.9 Å². The third-order valence-electron chi connectivity index (χ3n) is 2.16. The van der Waals surface area contributed by atoms with Crippen LogP contribution in [0.5, 0.6) is 0 Å². The Hall–Kier alpha value is -0.940. The summed E-state index contributed by atoms with van der Waals surface area (Å²) in [6.45, 7) is 2.09. The summed E-state index contributed by atoms with van der Waals surface area (Å²) in [5.41, 5.74) is 0.877. The zero-order chi connectivity index (χ0) is 11.5. The summed E-state index contributed by atoms with van der Waals surface area (Å²) in [5, 5.41) is 12.3. The van der Waals surface area contributed by atoms with E-state index in [9.17, 15) is 0 Å². The second-order valence-electron chi connectivity index (χ2n) is 3.36. The van der Waals surface area contributed by atoms with Crippen LogP contribution in [0.2, 0.25) is 5.02 Å². The third-order valence-corrected chi connectivity index (χ3v) is 3.39. The Morgan fingerprint density at radius 2 is 2.25 bits per heavy atom. The highest BCUT2D eigenvalue weighted by atomic mass is 79.9. The molecule has 2 aromatic rings. The molecular weight excluding hydrogens is 291 g/mol. The lowest BCUT2D eigenvalue weighted by molar-refractivity contribution is 0.745. The van der Waals surface area contributed by atoms with Gasteiger partial charge in [-0.1, -0.05) is 18.5 Å². The van der Waals surface area contributed by atoms with E-state index in [1.54, 1.807) is 4.68 Å². The Labute approximate surface area is 107 Å². The predicted octanol–water partition coefficient (Wildman–Crippen LogP) is 3.03. The number of aryl methyl sites for hydroxylation is 1. The van der Waals surface area contributed by atoms with E-state index in [0.29, 0.717) is 5.02 Å². The molecule has 0 aliphatic heterocycles. The van der Waals surface area contributed by atoms with Crippen molar-refractivity contribution in [1.29, 1.82) is 0 Å². The molecule has 0 aliphatic rings. The molecule has 1 heterocycles. The fourth-order valence-electron chi connectivity index (χ4n) is 1.40. The molecular formula is C10H10BrClN4. The van der Waals surface area contributed by atoms with Crippen LogP contribution in [0.1, 0.15) is 19.2 Å². The van der Waals surface area contributed by atoms with Crippen molar-refractivity contribution in [2.24, 2.45) is 0 Å². The minimum Gasteiger partial charge on any atom is -0.197 e. The number of hydrogen-bond acceptors (Lipinski definition) is 3. The minimum atomic E-state index is 0.649. The van der Waals surface area contributed by atoms with Gasteiger partial charge in [0.15, 0.2) is 5.82 Å². The van der Waals surface area contributed by atoms with Gasteiger partial charge in [0.2, 0.25) is 0 Å². The Morgan fingerprint density at radius 3 is 2.94 bits per heavy atom. The first kappa shape index (κ1) is 11.5. The van der Waals surface area contributed by atoms with Crippen LogP contribution >= 0.6 is 27.5 Å². The Bertz CT molecular complexity index is 497. The van der Waals surface area contributed by atoms with Gasteiger partial charge in [0.05, 0.1) is 10.7 Å². The quantitative estimate of drug-likeness (QED) is 0.875. The number of tetrazole rings is 1. The van der Waals surface area contributed by atoms with Crippen LogP contribution in [0.25, 0.3) is 5.69 Å². The van der Waals surface area contributed by atoms with Crippen LogP contribution in [0.4, 0.5) is 0 Å².